The Labute approximate surface area is 352 Å². The number of pyridine rings is 1. The number of benzene rings is 7. The number of imidazole rings is 1. The first-order chi connectivity index (χ1) is 29.2. The Morgan fingerprint density at radius 1 is 0.517 bits per heavy atom. The average Bonchev–Trinajstić information content (AvgIpc) is 3.85. The highest BCUT2D eigenvalue weighted by atomic mass is 15.2. The van der Waals surface area contributed by atoms with Gasteiger partial charge in [-0.15, -0.1) is 0 Å². The molecule has 0 N–H and O–H groups in total. The van der Waals surface area contributed by atoms with Gasteiger partial charge in [0, 0.05) is 17.0 Å². The molecule has 60 heavy (non-hydrogen) atoms. The second-order valence-corrected chi connectivity index (χ2v) is 17.3. The minimum Gasteiger partial charge on any atom is -0.294 e. The van der Waals surface area contributed by atoms with E-state index in [0.29, 0.717) is 5.92 Å². The van der Waals surface area contributed by atoms with E-state index in [1.165, 1.54) is 55.2 Å². The molecule has 0 saturated heterocycles. The summed E-state index contributed by atoms with van der Waals surface area (Å²) in [6.07, 6.45) is 4.23. The molecule has 3 aromatic heterocycles. The van der Waals surface area contributed by atoms with E-state index < -0.39 is 5.41 Å². The third-order valence-electron chi connectivity index (χ3n) is 12.3. The molecule has 4 nitrogen and oxygen atoms in total. The van der Waals surface area contributed by atoms with Gasteiger partial charge < -0.3 is 0 Å². The number of fused-ring (bicyclic) bond motifs is 4. The summed E-state index contributed by atoms with van der Waals surface area (Å²) in [6, 6.07) is 68.9. The molecule has 7 aromatic carbocycles. The van der Waals surface area contributed by atoms with Gasteiger partial charge >= 0.3 is 0 Å². The summed E-state index contributed by atoms with van der Waals surface area (Å²) in [7, 11) is 0. The summed E-state index contributed by atoms with van der Waals surface area (Å²) in [4.78, 5) is 5.10. The van der Waals surface area contributed by atoms with Gasteiger partial charge in [-0.1, -0.05) is 153 Å². The summed E-state index contributed by atoms with van der Waals surface area (Å²) in [6.45, 7) is 11.3. The molecule has 0 aliphatic rings. The second kappa shape index (κ2) is 14.7. The molecule has 10 aromatic rings. The van der Waals surface area contributed by atoms with Crippen molar-refractivity contribution >= 4 is 32.8 Å². The predicted octanol–water partition coefficient (Wildman–Crippen LogP) is 13.3. The van der Waals surface area contributed by atoms with Crippen LogP contribution in [0.15, 0.2) is 201 Å². The van der Waals surface area contributed by atoms with Crippen molar-refractivity contribution in [3.63, 3.8) is 0 Å². The van der Waals surface area contributed by atoms with Gasteiger partial charge in [0.1, 0.15) is 17.0 Å². The monoisotopic (exact) mass is 777 g/mol. The lowest BCUT2D eigenvalue weighted by atomic mass is 9.65. The quantitative estimate of drug-likeness (QED) is 0.111. The number of nitrogens with zero attached hydrogens (tertiary/aromatic N) is 4. The first-order valence-electron chi connectivity index (χ1n) is 21.1. The summed E-state index contributed by atoms with van der Waals surface area (Å²) in [5, 5.41) is 2.39. The first-order valence-corrected chi connectivity index (χ1v) is 21.1. The van der Waals surface area contributed by atoms with Crippen LogP contribution in [0.1, 0.15) is 68.4 Å². The van der Waals surface area contributed by atoms with E-state index in [0.717, 1.165) is 28.1 Å². The minimum atomic E-state index is -0.678. The van der Waals surface area contributed by atoms with Crippen molar-refractivity contribution in [2.24, 2.45) is 0 Å². The van der Waals surface area contributed by atoms with Crippen LogP contribution >= 0.6 is 0 Å². The lowest BCUT2D eigenvalue weighted by Crippen LogP contribution is -2.49. The van der Waals surface area contributed by atoms with Crippen LogP contribution < -0.4 is 4.57 Å². The first kappa shape index (κ1) is 37.2. The molecule has 0 spiro atoms. The number of hydrogen-bond acceptors (Lipinski definition) is 1. The second-order valence-electron chi connectivity index (χ2n) is 17.3. The van der Waals surface area contributed by atoms with Gasteiger partial charge in [0.05, 0.1) is 16.4 Å². The molecular weight excluding hydrogens is 729 g/mol. The Kier molecular flexibility index (Phi) is 9.10. The lowest BCUT2D eigenvalue weighted by Gasteiger charge is -2.37. The Balaban J connectivity index is 1.26. The van der Waals surface area contributed by atoms with Gasteiger partial charge in [-0.3, -0.25) is 4.57 Å². The summed E-state index contributed by atoms with van der Waals surface area (Å²) in [5.41, 5.74) is 13.5. The standard InChI is InChI=1S/C56H49N4/c1-39(2)46-25-12-13-26-47(46)40-33-34-57-54(35-40)60-50-28-15-14-27-48(50)49-32-31-44(37-53(49)60)56(41-19-8-6-9-20-41,42-21-10-7-11-22-42)43-23-18-24-45(36-43)58-38-59(55(3,4)5)52-30-17-16-29-51(52)58/h6-39H,1-5H3/q+1. The average molecular weight is 778 g/mol. The topological polar surface area (TPSA) is 26.6 Å². The van der Waals surface area contributed by atoms with Crippen molar-refractivity contribution in [3.05, 3.63) is 228 Å². The summed E-state index contributed by atoms with van der Waals surface area (Å²) >= 11 is 0. The highest BCUT2D eigenvalue weighted by Gasteiger charge is 2.39. The molecule has 0 amide bonds. The van der Waals surface area contributed by atoms with Gasteiger partial charge in [-0.05, 0) is 114 Å². The number of hydrogen-bond donors (Lipinski definition) is 0. The fraction of sp³-hybridized carbons (Fsp3) is 0.143. The molecule has 0 radical (unpaired) electrons. The Morgan fingerprint density at radius 2 is 1.13 bits per heavy atom. The van der Waals surface area contributed by atoms with Crippen molar-refractivity contribution in [2.45, 2.75) is 51.5 Å². The predicted molar refractivity (Wildman–Crippen MR) is 248 cm³/mol. The molecule has 0 unspecified atom stereocenters. The number of aromatic nitrogens is 4. The van der Waals surface area contributed by atoms with Gasteiger partial charge in [-0.25, -0.2) is 9.55 Å². The van der Waals surface area contributed by atoms with E-state index in [2.05, 4.69) is 243 Å². The number of rotatable bonds is 8. The van der Waals surface area contributed by atoms with Crippen LogP contribution in [0.25, 0.3) is 55.5 Å². The zero-order valence-corrected chi connectivity index (χ0v) is 34.9. The molecular formula is C56H49N4+. The van der Waals surface area contributed by atoms with E-state index in [1.54, 1.807) is 0 Å². The van der Waals surface area contributed by atoms with E-state index in [4.69, 9.17) is 4.98 Å². The molecule has 0 fully saturated rings. The third-order valence-corrected chi connectivity index (χ3v) is 12.3. The maximum Gasteiger partial charge on any atom is 0.250 e. The van der Waals surface area contributed by atoms with Crippen LogP contribution in [0.5, 0.6) is 0 Å². The summed E-state index contributed by atoms with van der Waals surface area (Å²) in [5.74, 6) is 1.29. The highest BCUT2D eigenvalue weighted by molar-refractivity contribution is 6.09. The molecule has 10 rings (SSSR count). The smallest absolute Gasteiger partial charge is 0.250 e. The Bertz CT molecular complexity index is 3120. The van der Waals surface area contributed by atoms with Gasteiger partial charge in [-0.2, -0.15) is 4.57 Å². The van der Waals surface area contributed by atoms with Crippen LogP contribution in [-0.2, 0) is 11.0 Å². The van der Waals surface area contributed by atoms with Crippen molar-refractivity contribution in [1.82, 2.24) is 14.1 Å². The van der Waals surface area contributed by atoms with Crippen LogP contribution in [0, 0.1) is 0 Å². The zero-order valence-electron chi connectivity index (χ0n) is 34.9. The molecule has 0 aliphatic heterocycles. The molecule has 3 heterocycles. The Morgan fingerprint density at radius 3 is 1.87 bits per heavy atom. The van der Waals surface area contributed by atoms with Crippen molar-refractivity contribution in [1.29, 1.82) is 0 Å². The van der Waals surface area contributed by atoms with Crippen LogP contribution in [-0.4, -0.2) is 14.1 Å². The van der Waals surface area contributed by atoms with E-state index in [9.17, 15) is 0 Å². The van der Waals surface area contributed by atoms with E-state index in [1.807, 2.05) is 6.20 Å². The molecule has 0 saturated carbocycles. The highest BCUT2D eigenvalue weighted by Crippen LogP contribution is 2.47. The molecule has 0 atom stereocenters. The summed E-state index contributed by atoms with van der Waals surface area (Å²) < 4.78 is 7.10. The van der Waals surface area contributed by atoms with Crippen molar-refractivity contribution in [3.8, 4) is 22.6 Å². The van der Waals surface area contributed by atoms with Gasteiger partial charge in [0.15, 0.2) is 11.0 Å². The molecule has 292 valence electrons. The third kappa shape index (κ3) is 6.05. The van der Waals surface area contributed by atoms with Gasteiger partial charge in [0.25, 0.3) is 0 Å². The fourth-order valence-electron chi connectivity index (χ4n) is 9.54. The van der Waals surface area contributed by atoms with Crippen molar-refractivity contribution in [2.75, 3.05) is 0 Å². The fourth-order valence-corrected chi connectivity index (χ4v) is 9.54. The normalized spacial score (nSPS) is 12.2. The van der Waals surface area contributed by atoms with Gasteiger partial charge in [0.2, 0.25) is 6.33 Å². The van der Waals surface area contributed by atoms with Crippen LogP contribution in [0.3, 0.4) is 0 Å². The maximum absolute atomic E-state index is 5.10. The minimum absolute atomic E-state index is 0.0969. The molecule has 4 heteroatoms. The van der Waals surface area contributed by atoms with Crippen LogP contribution in [0.4, 0.5) is 0 Å². The van der Waals surface area contributed by atoms with Crippen molar-refractivity contribution < 1.29 is 4.57 Å². The lowest BCUT2D eigenvalue weighted by molar-refractivity contribution is -0.731. The Hall–Kier alpha value is -7.04. The number of para-hydroxylation sites is 3. The maximum atomic E-state index is 5.10. The van der Waals surface area contributed by atoms with E-state index >= 15 is 0 Å². The largest absolute Gasteiger partial charge is 0.294 e. The zero-order chi connectivity index (χ0) is 41.0. The molecule has 0 aliphatic carbocycles. The van der Waals surface area contributed by atoms with E-state index in [-0.39, 0.29) is 5.54 Å². The molecule has 0 bridgehead atoms. The SMILES string of the molecule is CC(C)c1ccccc1-c1ccnc(-n2c3ccccc3c3ccc(C(c4ccccc4)(c4ccccc4)c4cccc(-n5c[n+](C(C)(C)C)c6ccccc65)c4)cc32)c1. The van der Waals surface area contributed by atoms with Crippen LogP contribution in [0.2, 0.25) is 0 Å².